The first kappa shape index (κ1) is 11.2. The van der Waals surface area contributed by atoms with Crippen LogP contribution in [-0.4, -0.2) is 18.1 Å². The van der Waals surface area contributed by atoms with E-state index < -0.39 is 17.6 Å². The van der Waals surface area contributed by atoms with E-state index in [-0.39, 0.29) is 5.82 Å². The molecule has 16 heavy (non-hydrogen) atoms. The van der Waals surface area contributed by atoms with E-state index in [1.165, 1.54) is 0 Å². The van der Waals surface area contributed by atoms with E-state index in [0.29, 0.717) is 31.0 Å². The second-order valence-electron chi connectivity index (χ2n) is 4.43. The fraction of sp³-hybridized carbons (Fsp3) is 0.545. The predicted molar refractivity (Wildman–Crippen MR) is 54.7 cm³/mol. The van der Waals surface area contributed by atoms with Crippen molar-refractivity contribution < 1.29 is 13.2 Å². The van der Waals surface area contributed by atoms with Crippen molar-refractivity contribution in [2.75, 3.05) is 18.0 Å². The minimum absolute atomic E-state index is 0.0879. The monoisotopic (exact) mass is 230 g/mol. The summed E-state index contributed by atoms with van der Waals surface area (Å²) in [5, 5.41) is 0. The lowest BCUT2D eigenvalue weighted by Gasteiger charge is -2.17. The van der Waals surface area contributed by atoms with Crippen LogP contribution >= 0.6 is 0 Å². The van der Waals surface area contributed by atoms with Gasteiger partial charge in [0.2, 0.25) is 0 Å². The maximum atomic E-state index is 13.4. The van der Waals surface area contributed by atoms with Gasteiger partial charge in [0.25, 0.3) is 5.95 Å². The zero-order chi connectivity index (χ0) is 11.9. The molecule has 0 amide bonds. The van der Waals surface area contributed by atoms with E-state index in [0.717, 1.165) is 0 Å². The van der Waals surface area contributed by atoms with Crippen LogP contribution in [0.25, 0.3) is 0 Å². The van der Waals surface area contributed by atoms with Crippen molar-refractivity contribution in [3.8, 4) is 0 Å². The number of pyridine rings is 1. The van der Waals surface area contributed by atoms with Crippen molar-refractivity contribution in [1.82, 2.24) is 4.98 Å². The summed E-state index contributed by atoms with van der Waals surface area (Å²) in [4.78, 5) is 4.99. The lowest BCUT2D eigenvalue weighted by atomic mass is 10.0. The van der Waals surface area contributed by atoms with E-state index in [1.54, 1.807) is 4.90 Å². The Labute approximate surface area is 92.1 Å². The number of nitrogens with zero attached hydrogens (tertiary/aromatic N) is 2. The fourth-order valence-electron chi connectivity index (χ4n) is 1.96. The largest absolute Gasteiger partial charge is 0.354 e. The summed E-state index contributed by atoms with van der Waals surface area (Å²) in [5.41, 5.74) is 0. The van der Waals surface area contributed by atoms with Crippen LogP contribution in [0.3, 0.4) is 0 Å². The summed E-state index contributed by atoms with van der Waals surface area (Å²) in [6, 6.07) is 0.547. The van der Waals surface area contributed by atoms with Crippen molar-refractivity contribution in [3.05, 3.63) is 23.6 Å². The molecular formula is C11H13F3N2. The van der Waals surface area contributed by atoms with E-state index in [4.69, 9.17) is 0 Å². The Kier molecular flexibility index (Phi) is 2.78. The molecule has 1 saturated heterocycles. The average Bonchev–Trinajstić information content (AvgIpc) is 2.53. The standard InChI is InChI=1S/C11H13F3N2/c1-6-4-16(5-7(6)2)11-9(13)3-8(12)10(14)15-11/h3,6-7H,4-5H2,1-2H3. The van der Waals surface area contributed by atoms with Gasteiger partial charge < -0.3 is 4.90 Å². The van der Waals surface area contributed by atoms with Crippen LogP contribution in [0, 0.1) is 29.4 Å². The molecule has 1 aromatic rings. The van der Waals surface area contributed by atoms with Crippen LogP contribution in [0.5, 0.6) is 0 Å². The highest BCUT2D eigenvalue weighted by Crippen LogP contribution is 2.28. The zero-order valence-electron chi connectivity index (χ0n) is 9.17. The minimum Gasteiger partial charge on any atom is -0.354 e. The SMILES string of the molecule is CC1CN(c2nc(F)c(F)cc2F)CC1C. The molecule has 1 aromatic heterocycles. The molecule has 1 fully saturated rings. The molecular weight excluding hydrogens is 217 g/mol. The van der Waals surface area contributed by atoms with Crippen LogP contribution in [0.15, 0.2) is 6.07 Å². The summed E-state index contributed by atoms with van der Waals surface area (Å²) in [7, 11) is 0. The summed E-state index contributed by atoms with van der Waals surface area (Å²) in [6.45, 7) is 5.33. The highest BCUT2D eigenvalue weighted by Gasteiger charge is 2.29. The molecule has 2 rings (SSSR count). The van der Waals surface area contributed by atoms with Gasteiger partial charge in [-0.1, -0.05) is 13.8 Å². The van der Waals surface area contributed by atoms with Crippen molar-refractivity contribution in [1.29, 1.82) is 0 Å². The van der Waals surface area contributed by atoms with Gasteiger partial charge in [0.05, 0.1) is 0 Å². The van der Waals surface area contributed by atoms with Crippen molar-refractivity contribution >= 4 is 5.82 Å². The summed E-state index contributed by atoms with van der Waals surface area (Å²) in [6.07, 6.45) is 0. The number of hydrogen-bond acceptors (Lipinski definition) is 2. The molecule has 1 aliphatic heterocycles. The molecule has 0 aromatic carbocycles. The van der Waals surface area contributed by atoms with Crippen LogP contribution in [0.1, 0.15) is 13.8 Å². The Balaban J connectivity index is 2.31. The first-order valence-electron chi connectivity index (χ1n) is 5.25. The molecule has 0 aliphatic carbocycles. The third kappa shape index (κ3) is 1.86. The Bertz CT molecular complexity index is 398. The number of halogens is 3. The van der Waals surface area contributed by atoms with Gasteiger partial charge in [-0.05, 0) is 11.8 Å². The molecule has 0 spiro atoms. The van der Waals surface area contributed by atoms with Gasteiger partial charge in [-0.3, -0.25) is 0 Å². The van der Waals surface area contributed by atoms with Crippen molar-refractivity contribution in [2.45, 2.75) is 13.8 Å². The molecule has 2 heterocycles. The molecule has 2 unspecified atom stereocenters. The maximum Gasteiger partial charge on any atom is 0.251 e. The molecule has 0 bridgehead atoms. The van der Waals surface area contributed by atoms with E-state index >= 15 is 0 Å². The van der Waals surface area contributed by atoms with E-state index in [2.05, 4.69) is 4.98 Å². The van der Waals surface area contributed by atoms with Gasteiger partial charge in [-0.15, -0.1) is 0 Å². The second-order valence-corrected chi connectivity index (χ2v) is 4.43. The summed E-state index contributed by atoms with van der Waals surface area (Å²) in [5.74, 6) is -2.59. The third-order valence-electron chi connectivity index (χ3n) is 3.16. The second kappa shape index (κ2) is 3.96. The third-order valence-corrected chi connectivity index (χ3v) is 3.16. The number of hydrogen-bond donors (Lipinski definition) is 0. The van der Waals surface area contributed by atoms with Gasteiger partial charge in [-0.25, -0.2) is 8.78 Å². The van der Waals surface area contributed by atoms with Crippen molar-refractivity contribution in [3.63, 3.8) is 0 Å². The number of aromatic nitrogens is 1. The molecule has 2 nitrogen and oxygen atoms in total. The van der Waals surface area contributed by atoms with E-state index in [9.17, 15) is 13.2 Å². The average molecular weight is 230 g/mol. The first-order valence-corrected chi connectivity index (χ1v) is 5.25. The Morgan fingerprint density at radius 2 is 1.69 bits per heavy atom. The molecule has 5 heteroatoms. The predicted octanol–water partition coefficient (Wildman–Crippen LogP) is 2.59. The molecule has 0 saturated carbocycles. The molecule has 88 valence electrons. The van der Waals surface area contributed by atoms with Crippen LogP contribution < -0.4 is 4.90 Å². The van der Waals surface area contributed by atoms with E-state index in [1.807, 2.05) is 13.8 Å². The lowest BCUT2D eigenvalue weighted by molar-refractivity contribution is 0.463. The van der Waals surface area contributed by atoms with Gasteiger partial charge >= 0.3 is 0 Å². The number of anilines is 1. The number of rotatable bonds is 1. The topological polar surface area (TPSA) is 16.1 Å². The fourth-order valence-corrected chi connectivity index (χ4v) is 1.96. The van der Waals surface area contributed by atoms with Crippen LogP contribution in [-0.2, 0) is 0 Å². The maximum absolute atomic E-state index is 13.4. The Morgan fingerprint density at radius 1 is 1.12 bits per heavy atom. The zero-order valence-corrected chi connectivity index (χ0v) is 9.17. The van der Waals surface area contributed by atoms with Crippen LogP contribution in [0.2, 0.25) is 0 Å². The first-order chi connectivity index (χ1) is 7.49. The van der Waals surface area contributed by atoms with Gasteiger partial charge in [-0.2, -0.15) is 9.37 Å². The van der Waals surface area contributed by atoms with Gasteiger partial charge in [0.15, 0.2) is 17.5 Å². The normalized spacial score (nSPS) is 25.2. The minimum atomic E-state index is -1.25. The smallest absolute Gasteiger partial charge is 0.251 e. The Morgan fingerprint density at radius 3 is 2.25 bits per heavy atom. The highest BCUT2D eigenvalue weighted by molar-refractivity contribution is 5.41. The van der Waals surface area contributed by atoms with Crippen molar-refractivity contribution in [2.24, 2.45) is 11.8 Å². The Hall–Kier alpha value is -1.26. The summed E-state index contributed by atoms with van der Waals surface area (Å²) >= 11 is 0. The molecule has 1 aliphatic rings. The molecule has 2 atom stereocenters. The van der Waals surface area contributed by atoms with Gasteiger partial charge in [0, 0.05) is 19.2 Å². The quantitative estimate of drug-likeness (QED) is 0.689. The van der Waals surface area contributed by atoms with Gasteiger partial charge in [0.1, 0.15) is 0 Å². The molecule has 0 N–H and O–H groups in total. The lowest BCUT2D eigenvalue weighted by Crippen LogP contribution is -2.22. The highest BCUT2D eigenvalue weighted by atomic mass is 19.2. The molecule has 0 radical (unpaired) electrons. The van der Waals surface area contributed by atoms with Crippen LogP contribution in [0.4, 0.5) is 19.0 Å². The summed E-state index contributed by atoms with van der Waals surface area (Å²) < 4.78 is 39.1.